The van der Waals surface area contributed by atoms with E-state index in [1.165, 1.54) is 6.42 Å². The number of hydrogen-bond donors (Lipinski definition) is 2. The summed E-state index contributed by atoms with van der Waals surface area (Å²) in [6, 6.07) is 0. The van der Waals surface area contributed by atoms with E-state index in [1.54, 1.807) is 0 Å². The number of hydrogen-bond acceptors (Lipinski definition) is 3. The number of ether oxygens (including phenoxy) is 1. The van der Waals surface area contributed by atoms with Gasteiger partial charge >= 0.3 is 0 Å². The molecule has 1 aliphatic rings. The van der Waals surface area contributed by atoms with Gasteiger partial charge in [0.25, 0.3) is 0 Å². The third kappa shape index (κ3) is 3.33. The summed E-state index contributed by atoms with van der Waals surface area (Å²) in [7, 11) is 0. The zero-order valence-corrected chi connectivity index (χ0v) is 12.0. The lowest BCUT2D eigenvalue weighted by Crippen LogP contribution is -2.35. The lowest BCUT2D eigenvalue weighted by Gasteiger charge is -2.31. The SMILES string of the molecule is CC(C)(C)NCc1cnc(C2(C)CCCCO2)[nH]1. The van der Waals surface area contributed by atoms with Crippen molar-refractivity contribution in [1.29, 1.82) is 0 Å². The van der Waals surface area contributed by atoms with Crippen molar-refractivity contribution in [1.82, 2.24) is 15.3 Å². The molecular weight excluding hydrogens is 226 g/mol. The average Bonchev–Trinajstić information content (AvgIpc) is 2.76. The molecule has 1 unspecified atom stereocenters. The van der Waals surface area contributed by atoms with Gasteiger partial charge in [0.05, 0.1) is 0 Å². The summed E-state index contributed by atoms with van der Waals surface area (Å²) in [4.78, 5) is 7.89. The summed E-state index contributed by atoms with van der Waals surface area (Å²) in [6.07, 6.45) is 5.34. The number of H-pyrrole nitrogens is 1. The first-order valence-corrected chi connectivity index (χ1v) is 6.82. The van der Waals surface area contributed by atoms with E-state index in [0.717, 1.165) is 37.5 Å². The highest BCUT2D eigenvalue weighted by molar-refractivity contribution is 5.09. The molecule has 1 aromatic rings. The second-order valence-corrected chi connectivity index (χ2v) is 6.40. The van der Waals surface area contributed by atoms with Crippen molar-refractivity contribution in [3.05, 3.63) is 17.7 Å². The van der Waals surface area contributed by atoms with Crippen LogP contribution in [0, 0.1) is 0 Å². The molecule has 0 saturated carbocycles. The standard InChI is InChI=1S/C14H25N3O/c1-13(2,3)16-10-11-9-15-12(17-11)14(4)7-5-6-8-18-14/h9,16H,5-8,10H2,1-4H3,(H,15,17). The smallest absolute Gasteiger partial charge is 0.138 e. The molecule has 1 aliphatic heterocycles. The highest BCUT2D eigenvalue weighted by atomic mass is 16.5. The second-order valence-electron chi connectivity index (χ2n) is 6.40. The topological polar surface area (TPSA) is 49.9 Å². The predicted octanol–water partition coefficient (Wildman–Crippen LogP) is 2.71. The van der Waals surface area contributed by atoms with Crippen LogP contribution >= 0.6 is 0 Å². The average molecular weight is 251 g/mol. The van der Waals surface area contributed by atoms with Crippen molar-refractivity contribution in [3.63, 3.8) is 0 Å². The van der Waals surface area contributed by atoms with Gasteiger partial charge in [-0.05, 0) is 47.0 Å². The molecule has 2 rings (SSSR count). The first-order chi connectivity index (χ1) is 8.39. The monoisotopic (exact) mass is 251 g/mol. The summed E-state index contributed by atoms with van der Waals surface area (Å²) < 4.78 is 5.90. The lowest BCUT2D eigenvalue weighted by atomic mass is 9.95. The third-order valence-corrected chi connectivity index (χ3v) is 3.41. The quantitative estimate of drug-likeness (QED) is 0.868. The summed E-state index contributed by atoms with van der Waals surface area (Å²) in [5.74, 6) is 0.966. The fraction of sp³-hybridized carbons (Fsp3) is 0.786. The van der Waals surface area contributed by atoms with Crippen molar-refractivity contribution >= 4 is 0 Å². The molecule has 1 aromatic heterocycles. The van der Waals surface area contributed by atoms with Gasteiger partial charge < -0.3 is 15.0 Å². The van der Waals surface area contributed by atoms with Crippen LogP contribution in [-0.2, 0) is 16.9 Å². The minimum absolute atomic E-state index is 0.122. The molecule has 2 N–H and O–H groups in total. The molecule has 4 heteroatoms. The molecule has 102 valence electrons. The van der Waals surface area contributed by atoms with Crippen LogP contribution in [0.1, 0.15) is 58.5 Å². The van der Waals surface area contributed by atoms with Crippen molar-refractivity contribution in [2.45, 2.75) is 64.6 Å². The number of aromatic nitrogens is 2. The second kappa shape index (κ2) is 5.02. The van der Waals surface area contributed by atoms with Crippen molar-refractivity contribution < 1.29 is 4.74 Å². The fourth-order valence-corrected chi connectivity index (χ4v) is 2.20. The van der Waals surface area contributed by atoms with Gasteiger partial charge in [-0.15, -0.1) is 0 Å². The van der Waals surface area contributed by atoms with Crippen LogP contribution in [0.2, 0.25) is 0 Å². The Morgan fingerprint density at radius 2 is 2.22 bits per heavy atom. The van der Waals surface area contributed by atoms with Gasteiger partial charge in [0, 0.05) is 30.6 Å². The zero-order chi connectivity index (χ0) is 13.2. The largest absolute Gasteiger partial charge is 0.367 e. The number of aromatic amines is 1. The maximum Gasteiger partial charge on any atom is 0.138 e. The van der Waals surface area contributed by atoms with E-state index in [1.807, 2.05) is 6.20 Å². The van der Waals surface area contributed by atoms with Crippen LogP contribution in [0.15, 0.2) is 6.20 Å². The van der Waals surface area contributed by atoms with Gasteiger partial charge in [-0.2, -0.15) is 0 Å². The Hall–Kier alpha value is -0.870. The van der Waals surface area contributed by atoms with Crippen molar-refractivity contribution in [2.24, 2.45) is 0 Å². The molecule has 2 heterocycles. The van der Waals surface area contributed by atoms with Gasteiger partial charge in [0.1, 0.15) is 11.4 Å². The van der Waals surface area contributed by atoms with E-state index >= 15 is 0 Å². The maximum absolute atomic E-state index is 5.90. The molecule has 18 heavy (non-hydrogen) atoms. The van der Waals surface area contributed by atoms with Crippen molar-refractivity contribution in [3.8, 4) is 0 Å². The van der Waals surface area contributed by atoms with E-state index in [4.69, 9.17) is 4.74 Å². The molecule has 0 aromatic carbocycles. The Morgan fingerprint density at radius 3 is 2.83 bits per heavy atom. The van der Waals surface area contributed by atoms with E-state index in [0.29, 0.717) is 0 Å². The number of rotatable bonds is 3. The van der Waals surface area contributed by atoms with E-state index in [2.05, 4.69) is 43.0 Å². The van der Waals surface area contributed by atoms with Gasteiger partial charge in [-0.25, -0.2) is 4.98 Å². The van der Waals surface area contributed by atoms with E-state index in [-0.39, 0.29) is 11.1 Å². The number of nitrogens with one attached hydrogen (secondary N) is 2. The highest BCUT2D eigenvalue weighted by Gasteiger charge is 2.32. The summed E-state index contributed by atoms with van der Waals surface area (Å²) in [6.45, 7) is 10.3. The Labute approximate surface area is 110 Å². The maximum atomic E-state index is 5.90. The molecule has 0 amide bonds. The van der Waals surface area contributed by atoms with Crippen LogP contribution in [0.4, 0.5) is 0 Å². The Kier molecular flexibility index (Phi) is 3.78. The molecule has 0 aliphatic carbocycles. The molecule has 1 saturated heterocycles. The van der Waals surface area contributed by atoms with Crippen molar-refractivity contribution in [2.75, 3.05) is 6.61 Å². The highest BCUT2D eigenvalue weighted by Crippen LogP contribution is 2.32. The van der Waals surface area contributed by atoms with Crippen LogP contribution in [0.25, 0.3) is 0 Å². The molecular formula is C14H25N3O. The summed E-state index contributed by atoms with van der Waals surface area (Å²) in [5.41, 5.74) is 1.02. The minimum atomic E-state index is -0.224. The number of nitrogens with zero attached hydrogens (tertiary/aromatic N) is 1. The van der Waals surface area contributed by atoms with E-state index < -0.39 is 0 Å². The van der Waals surface area contributed by atoms with Crippen LogP contribution in [0.5, 0.6) is 0 Å². The number of imidazole rings is 1. The summed E-state index contributed by atoms with van der Waals surface area (Å²) in [5, 5.41) is 3.45. The molecule has 4 nitrogen and oxygen atoms in total. The van der Waals surface area contributed by atoms with Gasteiger partial charge in [-0.3, -0.25) is 0 Å². The van der Waals surface area contributed by atoms with Crippen LogP contribution in [-0.4, -0.2) is 22.1 Å². The molecule has 0 bridgehead atoms. The van der Waals surface area contributed by atoms with Gasteiger partial charge in [-0.1, -0.05) is 0 Å². The fourth-order valence-electron chi connectivity index (χ4n) is 2.20. The third-order valence-electron chi connectivity index (χ3n) is 3.41. The Morgan fingerprint density at radius 1 is 1.44 bits per heavy atom. The first-order valence-electron chi connectivity index (χ1n) is 6.82. The summed E-state index contributed by atoms with van der Waals surface area (Å²) >= 11 is 0. The zero-order valence-electron chi connectivity index (χ0n) is 12.0. The van der Waals surface area contributed by atoms with Gasteiger partial charge in [0.2, 0.25) is 0 Å². The molecule has 0 spiro atoms. The molecule has 1 fully saturated rings. The Balaban J connectivity index is 2.01. The Bertz CT molecular complexity index is 386. The van der Waals surface area contributed by atoms with Crippen LogP contribution < -0.4 is 5.32 Å². The molecule has 1 atom stereocenters. The van der Waals surface area contributed by atoms with E-state index in [9.17, 15) is 0 Å². The normalized spacial score (nSPS) is 25.3. The predicted molar refractivity (Wildman–Crippen MR) is 72.3 cm³/mol. The first kappa shape index (κ1) is 13.6. The van der Waals surface area contributed by atoms with Gasteiger partial charge in [0.15, 0.2) is 0 Å². The minimum Gasteiger partial charge on any atom is -0.367 e. The van der Waals surface area contributed by atoms with Crippen LogP contribution in [0.3, 0.4) is 0 Å². The molecule has 0 radical (unpaired) electrons. The lowest BCUT2D eigenvalue weighted by molar-refractivity contribution is -0.0756.